The van der Waals surface area contributed by atoms with E-state index in [0.29, 0.717) is 17.2 Å². The number of aryl methyl sites for hydroxylation is 1. The van der Waals surface area contributed by atoms with Gasteiger partial charge in [-0.25, -0.2) is 19.6 Å². The highest BCUT2D eigenvalue weighted by Gasteiger charge is 2.10. The van der Waals surface area contributed by atoms with Crippen LogP contribution in [0.4, 0.5) is 9.18 Å². The van der Waals surface area contributed by atoms with Crippen LogP contribution in [0.1, 0.15) is 19.2 Å². The molecule has 1 heterocycles. The monoisotopic (exact) mass is 321 g/mol. The lowest BCUT2D eigenvalue weighted by Crippen LogP contribution is -2.42. The van der Waals surface area contributed by atoms with Gasteiger partial charge in [0, 0.05) is 18.4 Å². The van der Waals surface area contributed by atoms with Crippen LogP contribution in [0.2, 0.25) is 0 Å². The fourth-order valence-electron chi connectivity index (χ4n) is 1.74. The first kappa shape index (κ1) is 16.5. The molecule has 0 saturated heterocycles. The summed E-state index contributed by atoms with van der Waals surface area (Å²) in [4.78, 5) is 26.6. The van der Waals surface area contributed by atoms with Gasteiger partial charge in [-0.1, -0.05) is 0 Å². The minimum atomic E-state index is -0.726. The zero-order valence-electron chi connectivity index (χ0n) is 12.5. The molecule has 0 aliphatic carbocycles. The number of carbonyl (C=O) groups excluding carboxylic acids is 2. The lowest BCUT2D eigenvalue weighted by molar-refractivity contribution is -0.122. The third kappa shape index (κ3) is 5.10. The Morgan fingerprint density at radius 3 is 2.70 bits per heavy atom. The first-order valence-electron chi connectivity index (χ1n) is 7.00. The third-order valence-electron chi connectivity index (χ3n) is 2.83. The van der Waals surface area contributed by atoms with Crippen LogP contribution in [-0.2, 0) is 16.0 Å². The van der Waals surface area contributed by atoms with E-state index in [0.717, 1.165) is 0 Å². The number of nitrogens with zero attached hydrogens (tertiary/aromatic N) is 1. The maximum atomic E-state index is 12.9. The summed E-state index contributed by atoms with van der Waals surface area (Å²) in [5.41, 5.74) is 5.01. The minimum absolute atomic E-state index is 0.0791. The summed E-state index contributed by atoms with van der Waals surface area (Å²) in [5, 5.41) is 0. The summed E-state index contributed by atoms with van der Waals surface area (Å²) < 4.78 is 23.0. The van der Waals surface area contributed by atoms with Gasteiger partial charge in [-0.15, -0.1) is 0 Å². The molecule has 2 amide bonds. The van der Waals surface area contributed by atoms with Crippen molar-refractivity contribution in [3.8, 4) is 11.3 Å². The maximum absolute atomic E-state index is 12.9. The average molecular weight is 321 g/mol. The SMILES string of the molecule is CCOC(=O)NNC(=O)CCc1ncc(-c2ccc(F)cc2)o1. The maximum Gasteiger partial charge on any atom is 0.426 e. The lowest BCUT2D eigenvalue weighted by atomic mass is 10.2. The van der Waals surface area contributed by atoms with E-state index in [1.54, 1.807) is 19.1 Å². The predicted octanol–water partition coefficient (Wildman–Crippen LogP) is 2.19. The molecule has 7 nitrogen and oxygen atoms in total. The molecule has 8 heteroatoms. The highest BCUT2D eigenvalue weighted by atomic mass is 19.1. The van der Waals surface area contributed by atoms with E-state index in [9.17, 15) is 14.0 Å². The molecule has 122 valence electrons. The van der Waals surface area contributed by atoms with Crippen LogP contribution in [0.15, 0.2) is 34.9 Å². The normalized spacial score (nSPS) is 10.2. The smallest absolute Gasteiger partial charge is 0.426 e. The van der Waals surface area contributed by atoms with E-state index in [-0.39, 0.29) is 25.3 Å². The van der Waals surface area contributed by atoms with E-state index >= 15 is 0 Å². The number of rotatable bonds is 5. The molecular weight excluding hydrogens is 305 g/mol. The number of aromatic nitrogens is 1. The number of amides is 2. The van der Waals surface area contributed by atoms with Crippen molar-refractivity contribution in [2.24, 2.45) is 0 Å². The van der Waals surface area contributed by atoms with Gasteiger partial charge in [0.2, 0.25) is 5.91 Å². The van der Waals surface area contributed by atoms with Gasteiger partial charge in [0.15, 0.2) is 11.7 Å². The highest BCUT2D eigenvalue weighted by Crippen LogP contribution is 2.21. The molecular formula is C15H16FN3O4. The molecule has 1 aromatic carbocycles. The summed E-state index contributed by atoms with van der Waals surface area (Å²) in [5.74, 6) is 0.125. The summed E-state index contributed by atoms with van der Waals surface area (Å²) in [6, 6.07) is 5.81. The first-order chi connectivity index (χ1) is 11.1. The predicted molar refractivity (Wildman–Crippen MR) is 78.5 cm³/mol. The molecule has 0 aliphatic heterocycles. The van der Waals surface area contributed by atoms with Gasteiger partial charge in [0.05, 0.1) is 12.8 Å². The number of carbonyl (C=O) groups is 2. The summed E-state index contributed by atoms with van der Waals surface area (Å²) >= 11 is 0. The molecule has 0 spiro atoms. The molecule has 0 unspecified atom stereocenters. The van der Waals surface area contributed by atoms with Crippen LogP contribution in [0, 0.1) is 5.82 Å². The Morgan fingerprint density at radius 2 is 2.00 bits per heavy atom. The average Bonchev–Trinajstić information content (AvgIpc) is 3.01. The molecule has 2 rings (SSSR count). The Bertz CT molecular complexity index is 670. The Morgan fingerprint density at radius 1 is 1.26 bits per heavy atom. The van der Waals surface area contributed by atoms with Crippen LogP contribution in [0.5, 0.6) is 0 Å². The molecule has 0 bridgehead atoms. The number of halogens is 1. The van der Waals surface area contributed by atoms with Crippen molar-refractivity contribution in [2.45, 2.75) is 19.8 Å². The number of hydrogen-bond acceptors (Lipinski definition) is 5. The second kappa shape index (κ2) is 7.92. The van der Waals surface area contributed by atoms with E-state index in [2.05, 4.69) is 20.6 Å². The number of benzene rings is 1. The topological polar surface area (TPSA) is 93.5 Å². The van der Waals surface area contributed by atoms with E-state index in [4.69, 9.17) is 4.42 Å². The second-order valence-corrected chi connectivity index (χ2v) is 4.52. The zero-order chi connectivity index (χ0) is 16.7. The molecule has 1 aromatic heterocycles. The quantitative estimate of drug-likeness (QED) is 0.823. The van der Waals surface area contributed by atoms with Crippen molar-refractivity contribution in [3.05, 3.63) is 42.2 Å². The molecule has 0 aliphatic rings. The summed E-state index contributed by atoms with van der Waals surface area (Å²) in [6.07, 6.45) is 1.13. The van der Waals surface area contributed by atoms with Gasteiger partial charge in [0.1, 0.15) is 5.82 Å². The van der Waals surface area contributed by atoms with Crippen molar-refractivity contribution in [1.82, 2.24) is 15.8 Å². The summed E-state index contributed by atoms with van der Waals surface area (Å²) in [7, 11) is 0. The van der Waals surface area contributed by atoms with Gasteiger partial charge < -0.3 is 9.15 Å². The summed E-state index contributed by atoms with van der Waals surface area (Å²) in [6.45, 7) is 1.87. The number of ether oxygens (including phenoxy) is 1. The Balaban J connectivity index is 1.81. The molecule has 0 saturated carbocycles. The number of nitrogens with one attached hydrogen (secondary N) is 2. The van der Waals surface area contributed by atoms with Crippen LogP contribution >= 0.6 is 0 Å². The molecule has 0 atom stereocenters. The van der Waals surface area contributed by atoms with Crippen LogP contribution in [0.3, 0.4) is 0 Å². The van der Waals surface area contributed by atoms with Crippen molar-refractivity contribution < 1.29 is 23.1 Å². The molecule has 2 aromatic rings. The van der Waals surface area contributed by atoms with Crippen molar-refractivity contribution in [1.29, 1.82) is 0 Å². The highest BCUT2D eigenvalue weighted by molar-refractivity contribution is 5.79. The second-order valence-electron chi connectivity index (χ2n) is 4.52. The van der Waals surface area contributed by atoms with E-state index < -0.39 is 12.0 Å². The van der Waals surface area contributed by atoms with Gasteiger partial charge in [-0.3, -0.25) is 10.2 Å². The number of hydrogen-bond donors (Lipinski definition) is 2. The standard InChI is InChI=1S/C15H16FN3O4/c1-2-22-15(21)19-18-13(20)7-8-14-17-9-12(23-14)10-3-5-11(16)6-4-10/h3-6,9H,2,7-8H2,1H3,(H,18,20)(H,19,21). The van der Waals surface area contributed by atoms with Crippen LogP contribution in [0.25, 0.3) is 11.3 Å². The van der Waals surface area contributed by atoms with Gasteiger partial charge in [-0.2, -0.15) is 0 Å². The first-order valence-corrected chi connectivity index (χ1v) is 7.00. The minimum Gasteiger partial charge on any atom is -0.449 e. The van der Waals surface area contributed by atoms with Crippen LogP contribution in [-0.4, -0.2) is 23.6 Å². The fourth-order valence-corrected chi connectivity index (χ4v) is 1.74. The van der Waals surface area contributed by atoms with E-state index in [1.807, 2.05) is 0 Å². The van der Waals surface area contributed by atoms with Crippen molar-refractivity contribution >= 4 is 12.0 Å². The van der Waals surface area contributed by atoms with Crippen LogP contribution < -0.4 is 10.9 Å². The lowest BCUT2D eigenvalue weighted by Gasteiger charge is -2.06. The van der Waals surface area contributed by atoms with Gasteiger partial charge in [0.25, 0.3) is 0 Å². The van der Waals surface area contributed by atoms with Crippen molar-refractivity contribution in [2.75, 3.05) is 6.61 Å². The fraction of sp³-hybridized carbons (Fsp3) is 0.267. The molecule has 0 radical (unpaired) electrons. The molecule has 0 fully saturated rings. The largest absolute Gasteiger partial charge is 0.449 e. The number of oxazole rings is 1. The Kier molecular flexibility index (Phi) is 5.67. The Hall–Kier alpha value is -2.90. The van der Waals surface area contributed by atoms with Gasteiger partial charge >= 0.3 is 6.09 Å². The number of hydrazine groups is 1. The van der Waals surface area contributed by atoms with Crippen molar-refractivity contribution in [3.63, 3.8) is 0 Å². The van der Waals surface area contributed by atoms with E-state index in [1.165, 1.54) is 18.3 Å². The van der Waals surface area contributed by atoms with Gasteiger partial charge in [-0.05, 0) is 31.2 Å². The molecule has 2 N–H and O–H groups in total. The Labute approximate surface area is 131 Å². The zero-order valence-corrected chi connectivity index (χ0v) is 12.5. The third-order valence-corrected chi connectivity index (χ3v) is 2.83. The molecule has 23 heavy (non-hydrogen) atoms.